The van der Waals surface area contributed by atoms with Crippen molar-refractivity contribution < 1.29 is 43.3 Å². The number of Topliss-reactive ketones (excluding diaryl/α,β-unsaturated/α-hetero) is 1. The van der Waals surface area contributed by atoms with Crippen LogP contribution in [-0.2, 0) is 33.4 Å². The first-order valence-corrected chi connectivity index (χ1v) is 14.2. The number of aliphatic carboxylic acids is 1. The van der Waals surface area contributed by atoms with E-state index in [1.54, 1.807) is 19.1 Å². The molecule has 13 heteroatoms. The van der Waals surface area contributed by atoms with Gasteiger partial charge < -0.3 is 36.3 Å². The number of nitrogens with two attached hydrogens (primary N) is 1. The largest absolute Gasteiger partial charge is 0.480 e. The van der Waals surface area contributed by atoms with Gasteiger partial charge in [-0.05, 0) is 51.2 Å². The number of ketones is 1. The monoisotopic (exact) mass is 592 g/mol. The Balaban J connectivity index is 2.11. The number of unbranched alkanes of at least 4 members (excludes halogenated alkanes) is 1. The molecule has 1 rings (SSSR count). The Hall–Kier alpha value is -3.84. The van der Waals surface area contributed by atoms with Gasteiger partial charge in [-0.1, -0.05) is 24.6 Å². The maximum absolute atomic E-state index is 12.1. The standard InChI is InChI=1S/C29H44N4O9/c1-3-25(35)33-24(29(39)40)14-13-22(34)7-6-16-41-17-18-42-19-26(36)32-23(27(30)37)8-4-5-15-31-28(38)21-11-9-20(2)10-12-21/h9-12,23-24H,3-8,13-19H2,1-2H3,(H2,30,37)(H,31,38)(H,32,36)(H,33,35)(H,39,40). The van der Waals surface area contributed by atoms with Crippen molar-refractivity contribution in [2.24, 2.45) is 5.73 Å². The van der Waals surface area contributed by atoms with Gasteiger partial charge in [-0.25, -0.2) is 4.79 Å². The second kappa shape index (κ2) is 20.9. The summed E-state index contributed by atoms with van der Waals surface area (Å²) in [5, 5.41) is 16.9. The Labute approximate surface area is 246 Å². The molecule has 0 spiro atoms. The van der Waals surface area contributed by atoms with Crippen LogP contribution in [0.25, 0.3) is 0 Å². The first-order valence-electron chi connectivity index (χ1n) is 14.2. The maximum Gasteiger partial charge on any atom is 0.326 e. The highest BCUT2D eigenvalue weighted by Gasteiger charge is 2.20. The average Bonchev–Trinajstić information content (AvgIpc) is 2.95. The fourth-order valence-corrected chi connectivity index (χ4v) is 3.74. The number of carboxylic acid groups (broad SMARTS) is 1. The molecule has 13 nitrogen and oxygen atoms in total. The molecule has 2 unspecified atom stereocenters. The molecule has 0 fully saturated rings. The van der Waals surface area contributed by atoms with Crippen molar-refractivity contribution in [2.45, 2.75) is 77.3 Å². The number of primary amides is 1. The van der Waals surface area contributed by atoms with Gasteiger partial charge in [0.25, 0.3) is 5.91 Å². The van der Waals surface area contributed by atoms with Crippen LogP contribution in [0.2, 0.25) is 0 Å². The van der Waals surface area contributed by atoms with Crippen molar-refractivity contribution in [3.8, 4) is 0 Å². The molecule has 4 amide bonds. The quantitative estimate of drug-likeness (QED) is 0.115. The number of ether oxygens (including phenoxy) is 2. The van der Waals surface area contributed by atoms with Crippen LogP contribution in [0, 0.1) is 6.92 Å². The van der Waals surface area contributed by atoms with Crippen LogP contribution < -0.4 is 21.7 Å². The highest BCUT2D eigenvalue weighted by molar-refractivity contribution is 5.94. The van der Waals surface area contributed by atoms with Crippen LogP contribution >= 0.6 is 0 Å². The van der Waals surface area contributed by atoms with Gasteiger partial charge in [-0.15, -0.1) is 0 Å². The first kappa shape index (κ1) is 36.2. The number of hydrogen-bond acceptors (Lipinski definition) is 8. The fourth-order valence-electron chi connectivity index (χ4n) is 3.74. The van der Waals surface area contributed by atoms with Crippen LogP contribution in [0.1, 0.15) is 74.2 Å². The number of benzene rings is 1. The predicted octanol–water partition coefficient (Wildman–Crippen LogP) is 1.01. The number of aryl methyl sites for hydroxylation is 1. The molecule has 234 valence electrons. The van der Waals surface area contributed by atoms with E-state index in [1.807, 2.05) is 19.1 Å². The summed E-state index contributed by atoms with van der Waals surface area (Å²) in [6.45, 7) is 4.30. The van der Waals surface area contributed by atoms with Gasteiger partial charge in [0, 0.05) is 38.0 Å². The lowest BCUT2D eigenvalue weighted by Crippen LogP contribution is -2.45. The third kappa shape index (κ3) is 16.4. The molecule has 0 bridgehead atoms. The highest BCUT2D eigenvalue weighted by atomic mass is 16.5. The van der Waals surface area contributed by atoms with E-state index in [9.17, 15) is 28.8 Å². The zero-order chi connectivity index (χ0) is 31.3. The molecule has 0 aromatic heterocycles. The van der Waals surface area contributed by atoms with Gasteiger partial charge in [0.15, 0.2) is 0 Å². The van der Waals surface area contributed by atoms with Crippen molar-refractivity contribution in [1.29, 1.82) is 0 Å². The molecule has 6 N–H and O–H groups in total. The zero-order valence-corrected chi connectivity index (χ0v) is 24.4. The second-order valence-electron chi connectivity index (χ2n) is 9.80. The summed E-state index contributed by atoms with van der Waals surface area (Å²) in [5.74, 6) is -3.02. The minimum atomic E-state index is -1.18. The molecular weight excluding hydrogens is 548 g/mol. The summed E-state index contributed by atoms with van der Waals surface area (Å²) in [7, 11) is 0. The van der Waals surface area contributed by atoms with E-state index in [0.717, 1.165) is 5.56 Å². The number of amides is 4. The van der Waals surface area contributed by atoms with Crippen LogP contribution in [0.3, 0.4) is 0 Å². The Morgan fingerprint density at radius 1 is 0.833 bits per heavy atom. The molecule has 0 aliphatic heterocycles. The highest BCUT2D eigenvalue weighted by Crippen LogP contribution is 2.06. The second-order valence-corrected chi connectivity index (χ2v) is 9.80. The predicted molar refractivity (Wildman–Crippen MR) is 153 cm³/mol. The third-order valence-electron chi connectivity index (χ3n) is 6.21. The number of rotatable bonds is 23. The van der Waals surface area contributed by atoms with Gasteiger partial charge in [-0.3, -0.25) is 24.0 Å². The molecule has 1 aromatic rings. The van der Waals surface area contributed by atoms with Crippen molar-refractivity contribution in [2.75, 3.05) is 33.0 Å². The first-order chi connectivity index (χ1) is 20.0. The SMILES string of the molecule is CCC(=O)NC(CCC(=O)CCCOCCOCC(=O)NC(CCCCNC(=O)c1ccc(C)cc1)C(N)=O)C(=O)O. The lowest BCUT2D eigenvalue weighted by Gasteiger charge is -2.15. The van der Waals surface area contributed by atoms with Crippen LogP contribution in [0.15, 0.2) is 24.3 Å². The number of carbonyl (C=O) groups is 6. The van der Waals surface area contributed by atoms with Crippen LogP contribution in [0.4, 0.5) is 0 Å². The number of hydrogen-bond donors (Lipinski definition) is 5. The summed E-state index contributed by atoms with van der Waals surface area (Å²) in [4.78, 5) is 70.5. The smallest absolute Gasteiger partial charge is 0.326 e. The lowest BCUT2D eigenvalue weighted by atomic mass is 10.1. The van der Waals surface area contributed by atoms with Crippen molar-refractivity contribution >= 4 is 35.4 Å². The minimum Gasteiger partial charge on any atom is -0.480 e. The molecule has 0 aliphatic carbocycles. The molecular formula is C29H44N4O9. The van der Waals surface area contributed by atoms with E-state index in [4.69, 9.17) is 20.3 Å². The van der Waals surface area contributed by atoms with Gasteiger partial charge in [0.05, 0.1) is 13.2 Å². The molecule has 0 saturated heterocycles. The van der Waals surface area contributed by atoms with Crippen molar-refractivity contribution in [1.82, 2.24) is 16.0 Å². The number of nitrogens with one attached hydrogen (secondary N) is 3. The summed E-state index contributed by atoms with van der Waals surface area (Å²) >= 11 is 0. The fraction of sp³-hybridized carbons (Fsp3) is 0.586. The van der Waals surface area contributed by atoms with E-state index >= 15 is 0 Å². The molecule has 2 atom stereocenters. The summed E-state index contributed by atoms with van der Waals surface area (Å²) in [6, 6.07) is 5.29. The van der Waals surface area contributed by atoms with Gasteiger partial charge in [0.1, 0.15) is 24.5 Å². The van der Waals surface area contributed by atoms with Crippen molar-refractivity contribution in [3.63, 3.8) is 0 Å². The van der Waals surface area contributed by atoms with Crippen LogP contribution in [-0.4, -0.2) is 85.5 Å². The maximum atomic E-state index is 12.1. The molecule has 0 saturated carbocycles. The number of carbonyl (C=O) groups excluding carboxylic acids is 5. The number of carboxylic acids is 1. The Bertz CT molecular complexity index is 1030. The van der Waals surface area contributed by atoms with E-state index in [1.165, 1.54) is 0 Å². The Morgan fingerprint density at radius 3 is 2.14 bits per heavy atom. The van der Waals surface area contributed by atoms with Gasteiger partial charge in [-0.2, -0.15) is 0 Å². The Morgan fingerprint density at radius 2 is 1.50 bits per heavy atom. The van der Waals surface area contributed by atoms with E-state index < -0.39 is 29.9 Å². The van der Waals surface area contributed by atoms with Gasteiger partial charge >= 0.3 is 5.97 Å². The van der Waals surface area contributed by atoms with Gasteiger partial charge in [0.2, 0.25) is 17.7 Å². The van der Waals surface area contributed by atoms with E-state index in [-0.39, 0.29) is 69.7 Å². The minimum absolute atomic E-state index is 0.0278. The van der Waals surface area contributed by atoms with Crippen LogP contribution in [0.5, 0.6) is 0 Å². The molecule has 1 aromatic carbocycles. The van der Waals surface area contributed by atoms with E-state index in [2.05, 4.69) is 16.0 Å². The Kier molecular flexibility index (Phi) is 18.0. The normalized spacial score (nSPS) is 12.1. The average molecular weight is 593 g/mol. The lowest BCUT2D eigenvalue weighted by molar-refractivity contribution is -0.142. The third-order valence-corrected chi connectivity index (χ3v) is 6.21. The molecule has 0 aliphatic rings. The molecule has 0 heterocycles. The van der Waals surface area contributed by atoms with E-state index in [0.29, 0.717) is 37.8 Å². The summed E-state index contributed by atoms with van der Waals surface area (Å²) in [6.07, 6.45) is 2.38. The topological polar surface area (TPSA) is 203 Å². The molecule has 42 heavy (non-hydrogen) atoms. The molecule has 0 radical (unpaired) electrons. The summed E-state index contributed by atoms with van der Waals surface area (Å²) in [5.41, 5.74) is 7.04. The zero-order valence-electron chi connectivity index (χ0n) is 24.4. The summed E-state index contributed by atoms with van der Waals surface area (Å²) < 4.78 is 10.6. The van der Waals surface area contributed by atoms with Crippen molar-refractivity contribution in [3.05, 3.63) is 35.4 Å².